The number of hydrogen-bond acceptors (Lipinski definition) is 2. The topological polar surface area (TPSA) is 40.7 Å². The van der Waals surface area contributed by atoms with Crippen LogP contribution in [0.4, 0.5) is 0 Å². The minimum absolute atomic E-state index is 0.308. The zero-order valence-electron chi connectivity index (χ0n) is 10.3. The van der Waals surface area contributed by atoms with E-state index in [1.807, 2.05) is 12.4 Å². The Labute approximate surface area is 92.7 Å². The Bertz CT molecular complexity index is 264. The lowest BCUT2D eigenvalue weighted by molar-refractivity contribution is 0.230. The highest BCUT2D eigenvalue weighted by atomic mass is 15.0. The number of nitrogens with zero attached hydrogens (tertiary/aromatic N) is 1. The molecule has 0 aliphatic rings. The third-order valence-electron chi connectivity index (χ3n) is 3.26. The van der Waals surface area contributed by atoms with E-state index in [2.05, 4.69) is 43.0 Å². The van der Waals surface area contributed by atoms with E-state index < -0.39 is 0 Å². The maximum absolute atomic E-state index is 4.29. The number of likely N-dealkylation sites (N-methyl/N-ethyl adjacent to an activating group) is 1. The summed E-state index contributed by atoms with van der Waals surface area (Å²) in [6.07, 6.45) is 5.85. The molecule has 1 aromatic heterocycles. The molecule has 0 amide bonds. The second-order valence-electron chi connectivity index (χ2n) is 4.69. The van der Waals surface area contributed by atoms with Gasteiger partial charge in [0.15, 0.2) is 0 Å². The van der Waals surface area contributed by atoms with Crippen LogP contribution in [-0.2, 0) is 6.42 Å². The fraction of sp³-hybridized carbons (Fsp3) is 0.750. The molecule has 0 spiro atoms. The lowest BCUT2D eigenvalue weighted by Gasteiger charge is -2.33. The van der Waals surface area contributed by atoms with Gasteiger partial charge in [-0.15, -0.1) is 0 Å². The fourth-order valence-corrected chi connectivity index (χ4v) is 1.72. The van der Waals surface area contributed by atoms with Gasteiger partial charge in [0.2, 0.25) is 0 Å². The van der Waals surface area contributed by atoms with Gasteiger partial charge in [-0.2, -0.15) is 0 Å². The summed E-state index contributed by atoms with van der Waals surface area (Å²) in [7, 11) is 0. The summed E-state index contributed by atoms with van der Waals surface area (Å²) in [5, 5.41) is 3.55. The molecule has 1 atom stereocenters. The van der Waals surface area contributed by atoms with Gasteiger partial charge in [0.1, 0.15) is 5.82 Å². The quantitative estimate of drug-likeness (QED) is 0.755. The first-order valence-corrected chi connectivity index (χ1v) is 5.81. The zero-order valence-corrected chi connectivity index (χ0v) is 10.3. The molecular formula is C12H23N3. The second kappa shape index (κ2) is 5.31. The molecule has 1 rings (SSSR count). The summed E-state index contributed by atoms with van der Waals surface area (Å²) < 4.78 is 0. The van der Waals surface area contributed by atoms with Crippen molar-refractivity contribution in [2.24, 2.45) is 5.41 Å². The number of aromatic amines is 1. The van der Waals surface area contributed by atoms with Crippen LogP contribution in [0.5, 0.6) is 0 Å². The van der Waals surface area contributed by atoms with Gasteiger partial charge in [0.05, 0.1) is 0 Å². The molecule has 1 heterocycles. The molecule has 0 saturated carbocycles. The van der Waals surface area contributed by atoms with Crippen molar-refractivity contribution in [1.82, 2.24) is 15.3 Å². The summed E-state index contributed by atoms with van der Waals surface area (Å²) in [5.74, 6) is 1.07. The van der Waals surface area contributed by atoms with Crippen molar-refractivity contribution in [3.63, 3.8) is 0 Å². The van der Waals surface area contributed by atoms with Crippen molar-refractivity contribution in [1.29, 1.82) is 0 Å². The van der Waals surface area contributed by atoms with Crippen molar-refractivity contribution in [2.45, 2.75) is 46.6 Å². The monoisotopic (exact) mass is 209 g/mol. The number of rotatable bonds is 6. The van der Waals surface area contributed by atoms with E-state index in [9.17, 15) is 0 Å². The molecule has 15 heavy (non-hydrogen) atoms. The summed E-state index contributed by atoms with van der Waals surface area (Å²) >= 11 is 0. The van der Waals surface area contributed by atoms with Gasteiger partial charge in [-0.3, -0.25) is 0 Å². The van der Waals surface area contributed by atoms with Gasteiger partial charge < -0.3 is 10.3 Å². The van der Waals surface area contributed by atoms with E-state index in [0.717, 1.165) is 18.8 Å². The third kappa shape index (κ3) is 3.34. The molecule has 0 radical (unpaired) electrons. The SMILES string of the molecule is CCNC(Cc1ncc[nH]1)C(C)(C)CC. The van der Waals surface area contributed by atoms with Crippen LogP contribution in [0, 0.1) is 5.41 Å². The van der Waals surface area contributed by atoms with Crippen LogP contribution in [0.25, 0.3) is 0 Å². The van der Waals surface area contributed by atoms with Gasteiger partial charge in [0, 0.05) is 24.9 Å². The normalized spacial score (nSPS) is 14.1. The average molecular weight is 209 g/mol. The predicted octanol–water partition coefficient (Wildman–Crippen LogP) is 2.37. The highest BCUT2D eigenvalue weighted by molar-refractivity contribution is 4.95. The molecule has 0 saturated heterocycles. The Morgan fingerprint density at radius 1 is 1.47 bits per heavy atom. The molecule has 0 fully saturated rings. The maximum atomic E-state index is 4.29. The Morgan fingerprint density at radius 2 is 2.20 bits per heavy atom. The molecule has 0 aliphatic heterocycles. The molecule has 0 bridgehead atoms. The first-order chi connectivity index (χ1) is 7.10. The standard InChI is InChI=1S/C12H23N3/c1-5-12(3,4)10(13-6-2)9-11-14-7-8-15-11/h7-8,10,13H,5-6,9H2,1-4H3,(H,14,15). The van der Waals surface area contributed by atoms with E-state index in [0.29, 0.717) is 11.5 Å². The molecule has 2 N–H and O–H groups in total. The first kappa shape index (κ1) is 12.2. The number of aromatic nitrogens is 2. The molecule has 1 unspecified atom stereocenters. The van der Waals surface area contributed by atoms with Crippen LogP contribution >= 0.6 is 0 Å². The number of H-pyrrole nitrogens is 1. The summed E-state index contributed by atoms with van der Waals surface area (Å²) in [5.41, 5.74) is 0.308. The largest absolute Gasteiger partial charge is 0.349 e. The Kier molecular flexibility index (Phi) is 4.33. The van der Waals surface area contributed by atoms with Crippen LogP contribution in [0.1, 0.15) is 39.9 Å². The summed E-state index contributed by atoms with van der Waals surface area (Å²) in [4.78, 5) is 7.46. The Balaban J connectivity index is 2.66. The molecule has 3 nitrogen and oxygen atoms in total. The third-order valence-corrected chi connectivity index (χ3v) is 3.26. The lowest BCUT2D eigenvalue weighted by Crippen LogP contribution is -2.43. The minimum atomic E-state index is 0.308. The van der Waals surface area contributed by atoms with Crippen molar-refractivity contribution >= 4 is 0 Å². The van der Waals surface area contributed by atoms with Gasteiger partial charge in [-0.1, -0.05) is 27.7 Å². The van der Waals surface area contributed by atoms with Crippen molar-refractivity contribution in [2.75, 3.05) is 6.54 Å². The first-order valence-electron chi connectivity index (χ1n) is 5.81. The minimum Gasteiger partial charge on any atom is -0.349 e. The van der Waals surface area contributed by atoms with E-state index in [1.165, 1.54) is 6.42 Å². The molecule has 0 aromatic carbocycles. The van der Waals surface area contributed by atoms with Crippen LogP contribution in [0.15, 0.2) is 12.4 Å². The number of nitrogens with one attached hydrogen (secondary N) is 2. The second-order valence-corrected chi connectivity index (χ2v) is 4.69. The Morgan fingerprint density at radius 3 is 2.67 bits per heavy atom. The maximum Gasteiger partial charge on any atom is 0.107 e. The fourth-order valence-electron chi connectivity index (χ4n) is 1.72. The molecule has 1 aromatic rings. The highest BCUT2D eigenvalue weighted by Crippen LogP contribution is 2.26. The van der Waals surface area contributed by atoms with Gasteiger partial charge in [0.25, 0.3) is 0 Å². The van der Waals surface area contributed by atoms with E-state index in [1.54, 1.807) is 0 Å². The molecular weight excluding hydrogens is 186 g/mol. The predicted molar refractivity (Wildman–Crippen MR) is 63.8 cm³/mol. The van der Waals surface area contributed by atoms with E-state index >= 15 is 0 Å². The van der Waals surface area contributed by atoms with Gasteiger partial charge in [-0.25, -0.2) is 4.98 Å². The van der Waals surface area contributed by atoms with Crippen LogP contribution < -0.4 is 5.32 Å². The van der Waals surface area contributed by atoms with Crippen LogP contribution in [0.3, 0.4) is 0 Å². The lowest BCUT2D eigenvalue weighted by atomic mass is 9.80. The molecule has 86 valence electrons. The van der Waals surface area contributed by atoms with E-state index in [4.69, 9.17) is 0 Å². The highest BCUT2D eigenvalue weighted by Gasteiger charge is 2.27. The van der Waals surface area contributed by atoms with Gasteiger partial charge >= 0.3 is 0 Å². The van der Waals surface area contributed by atoms with Crippen molar-refractivity contribution in [3.8, 4) is 0 Å². The summed E-state index contributed by atoms with van der Waals surface area (Å²) in [6.45, 7) is 10.0. The zero-order chi connectivity index (χ0) is 11.3. The molecule has 3 heteroatoms. The Hall–Kier alpha value is -0.830. The van der Waals surface area contributed by atoms with E-state index in [-0.39, 0.29) is 0 Å². The van der Waals surface area contributed by atoms with Crippen molar-refractivity contribution < 1.29 is 0 Å². The van der Waals surface area contributed by atoms with Crippen molar-refractivity contribution in [3.05, 3.63) is 18.2 Å². The number of hydrogen-bond donors (Lipinski definition) is 2. The summed E-state index contributed by atoms with van der Waals surface area (Å²) in [6, 6.07) is 0.485. The van der Waals surface area contributed by atoms with Crippen LogP contribution in [-0.4, -0.2) is 22.6 Å². The molecule has 0 aliphatic carbocycles. The number of imidazole rings is 1. The average Bonchev–Trinajstić information content (AvgIpc) is 2.70. The van der Waals surface area contributed by atoms with Crippen LogP contribution in [0.2, 0.25) is 0 Å². The van der Waals surface area contributed by atoms with Gasteiger partial charge in [-0.05, 0) is 18.4 Å². The smallest absolute Gasteiger partial charge is 0.107 e.